The van der Waals surface area contributed by atoms with Crippen LogP contribution in [0, 0.1) is 0 Å². The number of aromatic nitrogens is 1. The molecule has 1 aliphatic carbocycles. The van der Waals surface area contributed by atoms with E-state index in [0.29, 0.717) is 6.04 Å². The zero-order valence-electron chi connectivity index (χ0n) is 9.78. The average molecular weight is 221 g/mol. The summed E-state index contributed by atoms with van der Waals surface area (Å²) in [5, 5.41) is 3.45. The van der Waals surface area contributed by atoms with Crippen molar-refractivity contribution in [2.75, 3.05) is 11.4 Å². The standard InChI is InChI=1S/C12H19N3O/c1-9-3-2-6-15(9)12-14-11(8-16-12)7-13-10-4-5-10/h8-10,13H,2-7H2,1H3. The fourth-order valence-corrected chi connectivity index (χ4v) is 2.26. The van der Waals surface area contributed by atoms with Crippen LogP contribution in [0.3, 0.4) is 0 Å². The molecule has 0 spiro atoms. The molecule has 1 N–H and O–H groups in total. The van der Waals surface area contributed by atoms with Crippen LogP contribution in [0.1, 0.15) is 38.3 Å². The van der Waals surface area contributed by atoms with Crippen molar-refractivity contribution in [1.82, 2.24) is 10.3 Å². The van der Waals surface area contributed by atoms with Crippen LogP contribution in [0.5, 0.6) is 0 Å². The Kier molecular flexibility index (Phi) is 2.59. The number of nitrogens with one attached hydrogen (secondary N) is 1. The van der Waals surface area contributed by atoms with Gasteiger partial charge in [-0.25, -0.2) is 0 Å². The SMILES string of the molecule is CC1CCCN1c1nc(CNC2CC2)co1. The van der Waals surface area contributed by atoms with Gasteiger partial charge in [-0.2, -0.15) is 4.98 Å². The summed E-state index contributed by atoms with van der Waals surface area (Å²) in [5.41, 5.74) is 1.03. The lowest BCUT2D eigenvalue weighted by molar-refractivity contribution is 0.528. The lowest BCUT2D eigenvalue weighted by atomic mass is 10.2. The zero-order chi connectivity index (χ0) is 11.0. The van der Waals surface area contributed by atoms with Gasteiger partial charge in [0, 0.05) is 25.2 Å². The first-order chi connectivity index (χ1) is 7.83. The highest BCUT2D eigenvalue weighted by atomic mass is 16.4. The van der Waals surface area contributed by atoms with Crippen molar-refractivity contribution in [2.45, 2.75) is 51.2 Å². The molecule has 88 valence electrons. The summed E-state index contributed by atoms with van der Waals surface area (Å²) in [7, 11) is 0. The van der Waals surface area contributed by atoms with Crippen LogP contribution in [0.4, 0.5) is 6.01 Å². The largest absolute Gasteiger partial charge is 0.432 e. The number of hydrogen-bond donors (Lipinski definition) is 1. The second-order valence-corrected chi connectivity index (χ2v) is 4.96. The van der Waals surface area contributed by atoms with E-state index in [1.807, 2.05) is 0 Å². The Morgan fingerprint density at radius 3 is 3.06 bits per heavy atom. The van der Waals surface area contributed by atoms with Gasteiger partial charge in [-0.1, -0.05) is 0 Å². The van der Waals surface area contributed by atoms with Crippen molar-refractivity contribution < 1.29 is 4.42 Å². The Labute approximate surface area is 96.0 Å². The van der Waals surface area contributed by atoms with E-state index in [2.05, 4.69) is 22.1 Å². The Balaban J connectivity index is 1.62. The number of oxazole rings is 1. The normalized spacial score (nSPS) is 25.3. The topological polar surface area (TPSA) is 41.3 Å². The molecule has 1 saturated carbocycles. The van der Waals surface area contributed by atoms with Gasteiger partial charge in [0.05, 0.1) is 5.69 Å². The van der Waals surface area contributed by atoms with Crippen molar-refractivity contribution in [1.29, 1.82) is 0 Å². The minimum atomic E-state index is 0.572. The Hall–Kier alpha value is -1.03. The number of rotatable bonds is 4. The van der Waals surface area contributed by atoms with Crippen molar-refractivity contribution in [3.8, 4) is 0 Å². The van der Waals surface area contributed by atoms with Crippen LogP contribution < -0.4 is 10.2 Å². The van der Waals surface area contributed by atoms with Crippen LogP contribution in [0.2, 0.25) is 0 Å². The fraction of sp³-hybridized carbons (Fsp3) is 0.750. The van der Waals surface area contributed by atoms with E-state index in [1.54, 1.807) is 6.26 Å². The molecular formula is C12H19N3O. The number of nitrogens with zero attached hydrogens (tertiary/aromatic N) is 2. The lowest BCUT2D eigenvalue weighted by Gasteiger charge is -2.18. The molecule has 1 aromatic rings. The molecule has 2 heterocycles. The monoisotopic (exact) mass is 221 g/mol. The van der Waals surface area contributed by atoms with Gasteiger partial charge >= 0.3 is 0 Å². The number of hydrogen-bond acceptors (Lipinski definition) is 4. The highest BCUT2D eigenvalue weighted by Crippen LogP contribution is 2.25. The molecule has 2 fully saturated rings. The first-order valence-electron chi connectivity index (χ1n) is 6.27. The predicted octanol–water partition coefficient (Wildman–Crippen LogP) is 1.92. The molecule has 0 amide bonds. The van der Waals surface area contributed by atoms with Gasteiger partial charge in [-0.15, -0.1) is 0 Å². The molecule has 4 nitrogen and oxygen atoms in total. The summed E-state index contributed by atoms with van der Waals surface area (Å²) in [6.07, 6.45) is 6.91. The second-order valence-electron chi connectivity index (χ2n) is 4.96. The molecule has 4 heteroatoms. The highest BCUT2D eigenvalue weighted by Gasteiger charge is 2.25. The van der Waals surface area contributed by atoms with Crippen LogP contribution in [-0.4, -0.2) is 23.6 Å². The van der Waals surface area contributed by atoms with Crippen LogP contribution in [-0.2, 0) is 6.54 Å². The maximum absolute atomic E-state index is 5.55. The second kappa shape index (κ2) is 4.09. The fourth-order valence-electron chi connectivity index (χ4n) is 2.26. The van der Waals surface area contributed by atoms with Crippen LogP contribution in [0.25, 0.3) is 0 Å². The van der Waals surface area contributed by atoms with E-state index in [4.69, 9.17) is 4.42 Å². The maximum Gasteiger partial charge on any atom is 0.297 e. The van der Waals surface area contributed by atoms with Crippen molar-refractivity contribution in [3.05, 3.63) is 12.0 Å². The minimum Gasteiger partial charge on any atom is -0.432 e. The van der Waals surface area contributed by atoms with Gasteiger partial charge in [0.2, 0.25) is 0 Å². The Morgan fingerprint density at radius 1 is 1.50 bits per heavy atom. The number of anilines is 1. The third-order valence-corrected chi connectivity index (χ3v) is 3.49. The quantitative estimate of drug-likeness (QED) is 0.843. The van der Waals surface area contributed by atoms with Gasteiger partial charge in [-0.3, -0.25) is 0 Å². The van der Waals surface area contributed by atoms with E-state index >= 15 is 0 Å². The van der Waals surface area contributed by atoms with Crippen molar-refractivity contribution >= 4 is 6.01 Å². The van der Waals surface area contributed by atoms with Gasteiger partial charge in [0.1, 0.15) is 6.26 Å². The summed E-state index contributed by atoms with van der Waals surface area (Å²) >= 11 is 0. The molecule has 3 rings (SSSR count). The molecule has 1 atom stereocenters. The van der Waals surface area contributed by atoms with E-state index < -0.39 is 0 Å². The Morgan fingerprint density at radius 2 is 2.38 bits per heavy atom. The third-order valence-electron chi connectivity index (χ3n) is 3.49. The van der Waals surface area contributed by atoms with Crippen LogP contribution >= 0.6 is 0 Å². The molecule has 0 bridgehead atoms. The Bertz CT molecular complexity index is 359. The highest BCUT2D eigenvalue weighted by molar-refractivity contribution is 5.30. The predicted molar refractivity (Wildman–Crippen MR) is 62.4 cm³/mol. The molecule has 0 aromatic carbocycles. The van der Waals surface area contributed by atoms with Crippen LogP contribution in [0.15, 0.2) is 10.7 Å². The first-order valence-corrected chi connectivity index (χ1v) is 6.27. The molecule has 0 radical (unpaired) electrons. The summed E-state index contributed by atoms with van der Waals surface area (Å²) in [4.78, 5) is 6.80. The molecule has 1 saturated heterocycles. The molecular weight excluding hydrogens is 202 g/mol. The van der Waals surface area contributed by atoms with Gasteiger partial charge in [-0.05, 0) is 32.6 Å². The lowest BCUT2D eigenvalue weighted by Crippen LogP contribution is -2.26. The first kappa shape index (κ1) is 10.1. The average Bonchev–Trinajstić information content (AvgIpc) is 2.82. The van der Waals surface area contributed by atoms with E-state index in [-0.39, 0.29) is 0 Å². The maximum atomic E-state index is 5.55. The summed E-state index contributed by atoms with van der Waals surface area (Å²) in [6, 6.07) is 2.10. The summed E-state index contributed by atoms with van der Waals surface area (Å²) in [6.45, 7) is 4.16. The molecule has 1 aliphatic heterocycles. The molecule has 1 unspecified atom stereocenters. The van der Waals surface area contributed by atoms with E-state index in [0.717, 1.165) is 30.8 Å². The summed E-state index contributed by atoms with van der Waals surface area (Å²) in [5.74, 6) is 0. The summed E-state index contributed by atoms with van der Waals surface area (Å²) < 4.78 is 5.55. The minimum absolute atomic E-state index is 0.572. The van der Waals surface area contributed by atoms with E-state index in [1.165, 1.54) is 25.7 Å². The molecule has 2 aliphatic rings. The zero-order valence-corrected chi connectivity index (χ0v) is 9.78. The van der Waals surface area contributed by atoms with Gasteiger partial charge in [0.25, 0.3) is 6.01 Å². The smallest absolute Gasteiger partial charge is 0.297 e. The van der Waals surface area contributed by atoms with E-state index in [9.17, 15) is 0 Å². The van der Waals surface area contributed by atoms with Gasteiger partial charge in [0.15, 0.2) is 0 Å². The van der Waals surface area contributed by atoms with Crippen molar-refractivity contribution in [3.63, 3.8) is 0 Å². The van der Waals surface area contributed by atoms with Gasteiger partial charge < -0.3 is 14.6 Å². The molecule has 1 aromatic heterocycles. The molecule has 16 heavy (non-hydrogen) atoms. The third kappa shape index (κ3) is 2.07. The van der Waals surface area contributed by atoms with Crippen molar-refractivity contribution in [2.24, 2.45) is 0 Å².